The van der Waals surface area contributed by atoms with Crippen LogP contribution in [0.2, 0.25) is 0 Å². The first-order valence-corrected chi connectivity index (χ1v) is 10.5. The first-order chi connectivity index (χ1) is 15.0. The van der Waals surface area contributed by atoms with Crippen molar-refractivity contribution in [2.24, 2.45) is 0 Å². The molecule has 4 rings (SSSR count). The Morgan fingerprint density at radius 1 is 1.10 bits per heavy atom. The minimum absolute atomic E-state index is 0.0331. The molecule has 164 valence electrons. The van der Waals surface area contributed by atoms with Gasteiger partial charge < -0.3 is 14.6 Å². The summed E-state index contributed by atoms with van der Waals surface area (Å²) in [5, 5.41) is 10.7. The highest BCUT2D eigenvalue weighted by atomic mass is 19.2. The highest BCUT2D eigenvalue weighted by molar-refractivity contribution is 5.77. The Hall–Kier alpha value is -2.87. The van der Waals surface area contributed by atoms with Crippen molar-refractivity contribution in [3.8, 4) is 11.5 Å². The molecular formula is C23H25F3N4O. The second kappa shape index (κ2) is 9.09. The Labute approximate surface area is 179 Å². The van der Waals surface area contributed by atoms with E-state index in [0.29, 0.717) is 24.8 Å². The molecule has 5 nitrogen and oxygen atoms in total. The molecule has 2 aromatic carbocycles. The summed E-state index contributed by atoms with van der Waals surface area (Å²) < 4.78 is 48.7. The maximum absolute atomic E-state index is 14.6. The Kier molecular flexibility index (Phi) is 6.27. The number of aryl methyl sites for hydroxylation is 2. The lowest BCUT2D eigenvalue weighted by molar-refractivity contribution is 0.315. The van der Waals surface area contributed by atoms with Crippen molar-refractivity contribution in [3.63, 3.8) is 0 Å². The van der Waals surface area contributed by atoms with Gasteiger partial charge in [0, 0.05) is 12.5 Å². The van der Waals surface area contributed by atoms with E-state index in [4.69, 9.17) is 4.42 Å². The van der Waals surface area contributed by atoms with Crippen LogP contribution in [0.3, 0.4) is 0 Å². The smallest absolute Gasteiger partial charge is 0.249 e. The topological polar surface area (TPSA) is 54.2 Å². The molecule has 0 spiro atoms. The van der Waals surface area contributed by atoms with Crippen molar-refractivity contribution < 1.29 is 17.6 Å². The first kappa shape index (κ1) is 21.4. The third-order valence-corrected chi connectivity index (χ3v) is 5.57. The molecule has 31 heavy (non-hydrogen) atoms. The Morgan fingerprint density at radius 3 is 2.61 bits per heavy atom. The normalized spacial score (nSPS) is 13.7. The van der Waals surface area contributed by atoms with E-state index in [1.54, 1.807) is 6.07 Å². The van der Waals surface area contributed by atoms with E-state index in [9.17, 15) is 13.2 Å². The second-order valence-electron chi connectivity index (χ2n) is 7.89. The number of benzene rings is 2. The van der Waals surface area contributed by atoms with E-state index in [1.165, 1.54) is 31.0 Å². The largest absolute Gasteiger partial charge is 0.421 e. The van der Waals surface area contributed by atoms with Gasteiger partial charge in [-0.25, -0.2) is 13.2 Å². The Morgan fingerprint density at radius 2 is 1.90 bits per heavy atom. The molecule has 1 aromatic heterocycles. The fraction of sp³-hybridized carbons (Fsp3) is 0.391. The van der Waals surface area contributed by atoms with E-state index in [0.717, 1.165) is 24.6 Å². The molecule has 1 heterocycles. The van der Waals surface area contributed by atoms with Crippen LogP contribution in [-0.4, -0.2) is 34.7 Å². The SMILES string of the molecule is CCc1ccc(Nc2c(-c3nnc(CCCN(C)C4CC4)o3)ccc(F)c2F)c(F)c1. The summed E-state index contributed by atoms with van der Waals surface area (Å²) in [5.41, 5.74) is 0.765. The molecule has 8 heteroatoms. The van der Waals surface area contributed by atoms with E-state index >= 15 is 0 Å². The number of hydrogen-bond donors (Lipinski definition) is 1. The van der Waals surface area contributed by atoms with Gasteiger partial charge in [0.2, 0.25) is 11.8 Å². The van der Waals surface area contributed by atoms with E-state index < -0.39 is 17.5 Å². The summed E-state index contributed by atoms with van der Waals surface area (Å²) in [6, 6.07) is 7.60. The molecule has 1 aliphatic carbocycles. The van der Waals surface area contributed by atoms with Gasteiger partial charge in [0.05, 0.1) is 16.9 Å². The number of anilines is 2. The molecule has 1 saturated carbocycles. The zero-order valence-corrected chi connectivity index (χ0v) is 17.6. The lowest BCUT2D eigenvalue weighted by Crippen LogP contribution is -2.22. The van der Waals surface area contributed by atoms with Gasteiger partial charge in [0.25, 0.3) is 0 Å². The summed E-state index contributed by atoms with van der Waals surface area (Å²) in [4.78, 5) is 2.31. The Balaban J connectivity index is 1.55. The number of rotatable bonds is 9. The predicted octanol–water partition coefficient (Wildman–Crippen LogP) is 5.49. The molecular weight excluding hydrogens is 405 g/mol. The van der Waals surface area contributed by atoms with Gasteiger partial charge in [-0.05, 0) is 69.1 Å². The summed E-state index contributed by atoms with van der Waals surface area (Å²) >= 11 is 0. The van der Waals surface area contributed by atoms with Gasteiger partial charge >= 0.3 is 0 Å². The molecule has 1 N–H and O–H groups in total. The van der Waals surface area contributed by atoms with Gasteiger partial charge in [-0.2, -0.15) is 0 Å². The summed E-state index contributed by atoms with van der Waals surface area (Å²) in [6.07, 6.45) is 4.60. The van der Waals surface area contributed by atoms with Crippen LogP contribution in [0.1, 0.15) is 37.6 Å². The Bertz CT molecular complexity index is 1060. The van der Waals surface area contributed by atoms with Crippen LogP contribution in [0.4, 0.5) is 24.5 Å². The first-order valence-electron chi connectivity index (χ1n) is 10.5. The summed E-state index contributed by atoms with van der Waals surface area (Å²) in [7, 11) is 2.10. The number of halogens is 3. The second-order valence-corrected chi connectivity index (χ2v) is 7.89. The fourth-order valence-corrected chi connectivity index (χ4v) is 3.51. The van der Waals surface area contributed by atoms with Crippen LogP contribution in [0, 0.1) is 17.5 Å². The summed E-state index contributed by atoms with van der Waals surface area (Å²) in [6.45, 7) is 2.83. The number of nitrogens with one attached hydrogen (secondary N) is 1. The fourth-order valence-electron chi connectivity index (χ4n) is 3.51. The van der Waals surface area contributed by atoms with Crippen molar-refractivity contribution in [1.82, 2.24) is 15.1 Å². The van der Waals surface area contributed by atoms with Crippen LogP contribution in [0.5, 0.6) is 0 Å². The van der Waals surface area contributed by atoms with Crippen LogP contribution in [-0.2, 0) is 12.8 Å². The molecule has 0 saturated heterocycles. The zero-order chi connectivity index (χ0) is 22.0. The van der Waals surface area contributed by atoms with Crippen LogP contribution >= 0.6 is 0 Å². The quantitative estimate of drug-likeness (QED) is 0.487. The monoisotopic (exact) mass is 430 g/mol. The van der Waals surface area contributed by atoms with Gasteiger partial charge in [-0.3, -0.25) is 0 Å². The third kappa shape index (κ3) is 4.90. The molecule has 0 aliphatic heterocycles. The highest BCUT2D eigenvalue weighted by Gasteiger charge is 2.25. The lowest BCUT2D eigenvalue weighted by atomic mass is 10.1. The van der Waals surface area contributed by atoms with Crippen molar-refractivity contribution >= 4 is 11.4 Å². The van der Waals surface area contributed by atoms with Crippen LogP contribution in [0.15, 0.2) is 34.7 Å². The average Bonchev–Trinajstić information content (AvgIpc) is 3.52. The number of aromatic nitrogens is 2. The molecule has 0 radical (unpaired) electrons. The minimum atomic E-state index is -1.14. The van der Waals surface area contributed by atoms with Gasteiger partial charge in [-0.15, -0.1) is 10.2 Å². The van der Waals surface area contributed by atoms with Gasteiger partial charge in [-0.1, -0.05) is 13.0 Å². The molecule has 1 aliphatic rings. The van der Waals surface area contributed by atoms with E-state index in [1.807, 2.05) is 6.92 Å². The minimum Gasteiger partial charge on any atom is -0.421 e. The highest BCUT2D eigenvalue weighted by Crippen LogP contribution is 2.34. The van der Waals surface area contributed by atoms with Crippen molar-refractivity contribution in [3.05, 3.63) is 59.2 Å². The number of hydrogen-bond acceptors (Lipinski definition) is 5. The maximum atomic E-state index is 14.6. The molecule has 3 aromatic rings. The maximum Gasteiger partial charge on any atom is 0.249 e. The molecule has 0 atom stereocenters. The third-order valence-electron chi connectivity index (χ3n) is 5.57. The lowest BCUT2D eigenvalue weighted by Gasteiger charge is -2.14. The zero-order valence-electron chi connectivity index (χ0n) is 17.6. The van der Waals surface area contributed by atoms with Gasteiger partial charge in [0.1, 0.15) is 5.82 Å². The number of nitrogens with zero attached hydrogens (tertiary/aromatic N) is 3. The predicted molar refractivity (Wildman–Crippen MR) is 113 cm³/mol. The van der Waals surface area contributed by atoms with Gasteiger partial charge in [0.15, 0.2) is 11.6 Å². The van der Waals surface area contributed by atoms with Crippen LogP contribution < -0.4 is 5.32 Å². The molecule has 0 bridgehead atoms. The molecule has 1 fully saturated rings. The molecule has 0 amide bonds. The summed E-state index contributed by atoms with van der Waals surface area (Å²) in [5.74, 6) is -2.27. The van der Waals surface area contributed by atoms with Crippen molar-refractivity contribution in [2.45, 2.75) is 45.1 Å². The van der Waals surface area contributed by atoms with E-state index in [-0.39, 0.29) is 22.8 Å². The van der Waals surface area contributed by atoms with Crippen molar-refractivity contribution in [2.75, 3.05) is 18.9 Å². The average molecular weight is 430 g/mol. The standard InChI is InChI=1S/C23H25F3N4O/c1-3-14-6-11-19(18(25)13-14)27-22-16(9-10-17(24)21(22)26)23-29-28-20(31-23)5-4-12-30(2)15-7-8-15/h6,9-11,13,15,27H,3-5,7-8,12H2,1-2H3. The van der Waals surface area contributed by atoms with E-state index in [2.05, 4.69) is 27.5 Å². The molecule has 0 unspecified atom stereocenters. The van der Waals surface area contributed by atoms with Crippen molar-refractivity contribution in [1.29, 1.82) is 0 Å². The van der Waals surface area contributed by atoms with Crippen LogP contribution in [0.25, 0.3) is 11.5 Å².